The van der Waals surface area contributed by atoms with Crippen LogP contribution in [0.4, 0.5) is 4.39 Å². The van der Waals surface area contributed by atoms with Gasteiger partial charge in [0, 0.05) is 11.6 Å². The number of hydrogen-bond donors (Lipinski definition) is 2. The van der Waals surface area contributed by atoms with Crippen LogP contribution in [0.2, 0.25) is 0 Å². The molecule has 1 aliphatic carbocycles. The Morgan fingerprint density at radius 1 is 1.50 bits per heavy atom. The quantitative estimate of drug-likeness (QED) is 0.821. The first-order valence-corrected chi connectivity index (χ1v) is 7.36. The van der Waals surface area contributed by atoms with E-state index >= 15 is 0 Å². The summed E-state index contributed by atoms with van der Waals surface area (Å²) in [4.78, 5) is 10.2. The molecule has 0 spiro atoms. The van der Waals surface area contributed by atoms with E-state index in [0.717, 1.165) is 12.1 Å². The van der Waals surface area contributed by atoms with Crippen LogP contribution in [-0.4, -0.2) is 32.1 Å². The summed E-state index contributed by atoms with van der Waals surface area (Å²) in [6.45, 7) is 0. The predicted octanol–water partition coefficient (Wildman–Crippen LogP) is 1.12. The molecule has 1 saturated carbocycles. The molecule has 20 heavy (non-hydrogen) atoms. The van der Waals surface area contributed by atoms with Crippen LogP contribution in [0.1, 0.15) is 19.3 Å². The fourth-order valence-corrected chi connectivity index (χ4v) is 3.44. The number of aliphatic carboxylic acids is 1. The Hall–Kier alpha value is -1.67. The normalized spacial score (nSPS) is 16.7. The molecule has 0 aliphatic heterocycles. The van der Waals surface area contributed by atoms with Gasteiger partial charge in [0.25, 0.3) is 0 Å². The van der Waals surface area contributed by atoms with E-state index in [9.17, 15) is 17.6 Å². The van der Waals surface area contributed by atoms with Crippen molar-refractivity contribution in [2.75, 3.05) is 7.11 Å². The van der Waals surface area contributed by atoms with Crippen molar-refractivity contribution >= 4 is 16.0 Å². The number of benzene rings is 1. The van der Waals surface area contributed by atoms with E-state index in [2.05, 4.69) is 4.72 Å². The molecule has 0 aromatic heterocycles. The highest BCUT2D eigenvalue weighted by Gasteiger charge is 2.48. The van der Waals surface area contributed by atoms with E-state index in [0.29, 0.717) is 12.8 Å². The van der Waals surface area contributed by atoms with Crippen molar-refractivity contribution in [2.24, 2.45) is 0 Å². The molecule has 0 unspecified atom stereocenters. The van der Waals surface area contributed by atoms with E-state index in [1.807, 2.05) is 0 Å². The molecule has 1 aromatic rings. The summed E-state index contributed by atoms with van der Waals surface area (Å²) in [7, 11) is -2.76. The predicted molar refractivity (Wildman–Crippen MR) is 67.5 cm³/mol. The number of halogens is 1. The Labute approximate surface area is 115 Å². The molecule has 8 heteroatoms. The van der Waals surface area contributed by atoms with Crippen LogP contribution in [0.5, 0.6) is 5.75 Å². The second-order valence-corrected chi connectivity index (χ2v) is 6.40. The van der Waals surface area contributed by atoms with Gasteiger partial charge >= 0.3 is 5.97 Å². The molecule has 2 N–H and O–H groups in total. The molecule has 110 valence electrons. The zero-order chi connectivity index (χ0) is 15.0. The summed E-state index contributed by atoms with van der Waals surface area (Å²) in [5.74, 6) is -1.84. The number of carboxylic acids is 1. The van der Waals surface area contributed by atoms with Gasteiger partial charge in [0.2, 0.25) is 10.0 Å². The lowest BCUT2D eigenvalue weighted by Crippen LogP contribution is -2.38. The Balaban J connectivity index is 2.25. The number of carboxylic acid groups (broad SMARTS) is 1. The Morgan fingerprint density at radius 2 is 2.15 bits per heavy atom. The molecular formula is C12H14FNO5S. The van der Waals surface area contributed by atoms with Crippen LogP contribution < -0.4 is 9.46 Å². The molecule has 0 bridgehead atoms. The van der Waals surface area contributed by atoms with Gasteiger partial charge in [0.05, 0.1) is 13.5 Å². The molecule has 1 aromatic carbocycles. The van der Waals surface area contributed by atoms with Crippen LogP contribution in [-0.2, 0) is 14.8 Å². The second kappa shape index (κ2) is 5.02. The fourth-order valence-electron chi connectivity index (χ4n) is 1.92. The highest BCUT2D eigenvalue weighted by molar-refractivity contribution is 7.89. The van der Waals surface area contributed by atoms with Gasteiger partial charge in [-0.2, -0.15) is 0 Å². The lowest BCUT2D eigenvalue weighted by Gasteiger charge is -2.16. The maximum Gasteiger partial charge on any atom is 0.305 e. The van der Waals surface area contributed by atoms with Gasteiger partial charge < -0.3 is 9.84 Å². The third-order valence-corrected chi connectivity index (χ3v) is 4.73. The third kappa shape index (κ3) is 3.07. The summed E-state index contributed by atoms with van der Waals surface area (Å²) in [6, 6.07) is 3.38. The van der Waals surface area contributed by atoms with Gasteiger partial charge in [-0.25, -0.2) is 17.5 Å². The molecule has 0 amide bonds. The summed E-state index contributed by atoms with van der Waals surface area (Å²) in [5, 5.41) is 8.75. The SMILES string of the molecule is COc1ccc(S(=O)(=O)NC2(CC(=O)O)CC2)c(F)c1. The van der Waals surface area contributed by atoms with E-state index in [1.165, 1.54) is 13.2 Å². The molecule has 1 aliphatic rings. The van der Waals surface area contributed by atoms with E-state index in [4.69, 9.17) is 9.84 Å². The third-order valence-electron chi connectivity index (χ3n) is 3.12. The van der Waals surface area contributed by atoms with Gasteiger partial charge in [-0.15, -0.1) is 0 Å². The monoisotopic (exact) mass is 303 g/mol. The van der Waals surface area contributed by atoms with Crippen molar-refractivity contribution in [2.45, 2.75) is 29.7 Å². The number of nitrogens with one attached hydrogen (secondary N) is 1. The standard InChI is InChI=1S/C12H14FNO5S/c1-19-8-2-3-10(9(13)6-8)20(17,18)14-12(4-5-12)7-11(15)16/h2-3,6,14H,4-5,7H2,1H3,(H,15,16). The minimum absolute atomic E-state index is 0.202. The summed E-state index contributed by atoms with van der Waals surface area (Å²) in [5.41, 5.74) is -0.989. The minimum atomic E-state index is -4.10. The van der Waals surface area contributed by atoms with Crippen molar-refractivity contribution < 1.29 is 27.4 Å². The minimum Gasteiger partial charge on any atom is -0.497 e. The van der Waals surface area contributed by atoms with Crippen molar-refractivity contribution in [1.82, 2.24) is 4.72 Å². The zero-order valence-electron chi connectivity index (χ0n) is 10.7. The molecule has 0 heterocycles. The topological polar surface area (TPSA) is 92.7 Å². The van der Waals surface area contributed by atoms with Crippen LogP contribution >= 0.6 is 0 Å². The maximum atomic E-state index is 13.8. The highest BCUT2D eigenvalue weighted by Crippen LogP contribution is 2.40. The molecule has 2 rings (SSSR count). The van der Waals surface area contributed by atoms with Crippen molar-refractivity contribution in [3.05, 3.63) is 24.0 Å². The Kier molecular flexibility index (Phi) is 3.70. The van der Waals surface area contributed by atoms with Crippen LogP contribution in [0.3, 0.4) is 0 Å². The van der Waals surface area contributed by atoms with Gasteiger partial charge in [-0.05, 0) is 25.0 Å². The molecule has 0 radical (unpaired) electrons. The average molecular weight is 303 g/mol. The first kappa shape index (κ1) is 14.7. The number of rotatable bonds is 6. The zero-order valence-corrected chi connectivity index (χ0v) is 11.5. The van der Waals surface area contributed by atoms with E-state index in [1.54, 1.807) is 0 Å². The van der Waals surface area contributed by atoms with Crippen LogP contribution in [0.25, 0.3) is 0 Å². The first-order valence-electron chi connectivity index (χ1n) is 5.87. The lowest BCUT2D eigenvalue weighted by molar-refractivity contribution is -0.137. The highest BCUT2D eigenvalue weighted by atomic mass is 32.2. The summed E-state index contributed by atoms with van der Waals surface area (Å²) < 4.78 is 45.1. The number of carbonyl (C=O) groups is 1. The van der Waals surface area contributed by atoms with Crippen molar-refractivity contribution in [3.8, 4) is 5.75 Å². The molecule has 0 saturated heterocycles. The van der Waals surface area contributed by atoms with Gasteiger partial charge in [0.15, 0.2) is 0 Å². The van der Waals surface area contributed by atoms with Crippen LogP contribution in [0.15, 0.2) is 23.1 Å². The lowest BCUT2D eigenvalue weighted by atomic mass is 10.2. The number of ether oxygens (including phenoxy) is 1. The number of methoxy groups -OCH3 is 1. The second-order valence-electron chi connectivity index (χ2n) is 4.75. The maximum absolute atomic E-state index is 13.8. The molecular weight excluding hydrogens is 289 g/mol. The number of hydrogen-bond acceptors (Lipinski definition) is 4. The smallest absolute Gasteiger partial charge is 0.305 e. The fraction of sp³-hybridized carbons (Fsp3) is 0.417. The Bertz CT molecular complexity index is 639. The summed E-state index contributed by atoms with van der Waals surface area (Å²) in [6.07, 6.45) is 0.538. The van der Waals surface area contributed by atoms with Gasteiger partial charge in [-0.3, -0.25) is 4.79 Å². The van der Waals surface area contributed by atoms with E-state index < -0.39 is 32.2 Å². The van der Waals surface area contributed by atoms with Gasteiger partial charge in [-0.1, -0.05) is 0 Å². The number of sulfonamides is 1. The van der Waals surface area contributed by atoms with Crippen LogP contribution in [0, 0.1) is 5.82 Å². The van der Waals surface area contributed by atoms with Crippen molar-refractivity contribution in [3.63, 3.8) is 0 Å². The summed E-state index contributed by atoms with van der Waals surface area (Å²) >= 11 is 0. The largest absolute Gasteiger partial charge is 0.497 e. The van der Waals surface area contributed by atoms with E-state index in [-0.39, 0.29) is 12.2 Å². The molecule has 6 nitrogen and oxygen atoms in total. The Morgan fingerprint density at radius 3 is 2.60 bits per heavy atom. The molecule has 1 fully saturated rings. The van der Waals surface area contributed by atoms with Gasteiger partial charge in [0.1, 0.15) is 16.5 Å². The average Bonchev–Trinajstić information content (AvgIpc) is 3.05. The molecule has 0 atom stereocenters. The van der Waals surface area contributed by atoms with Crippen molar-refractivity contribution in [1.29, 1.82) is 0 Å². The first-order chi connectivity index (χ1) is 9.28.